The van der Waals surface area contributed by atoms with Crippen molar-refractivity contribution in [2.24, 2.45) is 0 Å². The maximum atomic E-state index is 11.5. The zero-order valence-corrected chi connectivity index (χ0v) is 9.12. The third kappa shape index (κ3) is 2.30. The summed E-state index contributed by atoms with van der Waals surface area (Å²) in [5.41, 5.74) is 0. The molecular weight excluding hydrogens is 220 g/mol. The molecular formula is C8H14N2O4S. The average molecular weight is 234 g/mol. The lowest BCUT2D eigenvalue weighted by atomic mass is 10.3. The van der Waals surface area contributed by atoms with Crippen LogP contribution in [0, 0.1) is 0 Å². The van der Waals surface area contributed by atoms with Gasteiger partial charge in [0, 0.05) is 19.5 Å². The molecule has 0 aromatic carbocycles. The largest absolute Gasteiger partial charge is 0.374 e. The third-order valence-corrected chi connectivity index (χ3v) is 4.31. The van der Waals surface area contributed by atoms with Crippen LogP contribution in [0.4, 0.5) is 0 Å². The SMILES string of the molecule is O=C1CCS(=O)(=O)N1CC1CNCCO1. The number of ether oxygens (including phenoxy) is 1. The summed E-state index contributed by atoms with van der Waals surface area (Å²) in [7, 11) is -3.36. The molecule has 2 rings (SSSR count). The first-order valence-electron chi connectivity index (χ1n) is 4.95. The molecule has 86 valence electrons. The molecule has 0 radical (unpaired) electrons. The molecule has 2 fully saturated rings. The van der Waals surface area contributed by atoms with Crippen molar-refractivity contribution in [3.05, 3.63) is 0 Å². The van der Waals surface area contributed by atoms with Crippen LogP contribution in [0.2, 0.25) is 0 Å². The van der Waals surface area contributed by atoms with Gasteiger partial charge < -0.3 is 10.1 Å². The molecule has 2 aliphatic rings. The van der Waals surface area contributed by atoms with Gasteiger partial charge in [0.25, 0.3) is 0 Å². The van der Waals surface area contributed by atoms with Crippen molar-refractivity contribution in [3.8, 4) is 0 Å². The normalized spacial score (nSPS) is 30.8. The van der Waals surface area contributed by atoms with Gasteiger partial charge in [0.2, 0.25) is 15.9 Å². The van der Waals surface area contributed by atoms with E-state index in [0.717, 1.165) is 10.8 Å². The van der Waals surface area contributed by atoms with Gasteiger partial charge in [-0.2, -0.15) is 0 Å². The fourth-order valence-corrected chi connectivity index (χ4v) is 3.19. The van der Waals surface area contributed by atoms with Gasteiger partial charge in [-0.25, -0.2) is 12.7 Å². The number of carbonyl (C=O) groups excluding carboxylic acids is 1. The number of amides is 1. The molecule has 1 N–H and O–H groups in total. The van der Waals surface area contributed by atoms with E-state index in [9.17, 15) is 13.2 Å². The average Bonchev–Trinajstić information content (AvgIpc) is 2.47. The number of sulfonamides is 1. The fourth-order valence-electron chi connectivity index (χ4n) is 1.74. The van der Waals surface area contributed by atoms with Crippen molar-refractivity contribution < 1.29 is 17.9 Å². The van der Waals surface area contributed by atoms with Crippen molar-refractivity contribution in [2.75, 3.05) is 32.0 Å². The van der Waals surface area contributed by atoms with E-state index in [4.69, 9.17) is 4.74 Å². The smallest absolute Gasteiger partial charge is 0.237 e. The Kier molecular flexibility index (Phi) is 2.94. The van der Waals surface area contributed by atoms with Crippen LogP contribution >= 0.6 is 0 Å². The monoisotopic (exact) mass is 234 g/mol. The summed E-state index contributed by atoms with van der Waals surface area (Å²) in [5.74, 6) is -0.379. The highest BCUT2D eigenvalue weighted by molar-refractivity contribution is 7.90. The lowest BCUT2D eigenvalue weighted by Gasteiger charge is -2.27. The number of nitrogens with one attached hydrogen (secondary N) is 1. The number of carbonyl (C=O) groups is 1. The summed E-state index contributed by atoms with van der Waals surface area (Å²) in [6.07, 6.45) is -0.113. The van der Waals surface area contributed by atoms with Gasteiger partial charge in [0.1, 0.15) is 0 Å². The van der Waals surface area contributed by atoms with Crippen LogP contribution in [0.15, 0.2) is 0 Å². The number of hydrogen-bond acceptors (Lipinski definition) is 5. The van der Waals surface area contributed by atoms with Crippen molar-refractivity contribution >= 4 is 15.9 Å². The molecule has 0 spiro atoms. The van der Waals surface area contributed by atoms with E-state index < -0.39 is 10.0 Å². The zero-order chi connectivity index (χ0) is 10.9. The lowest BCUT2D eigenvalue weighted by Crippen LogP contribution is -2.46. The molecule has 6 nitrogen and oxygen atoms in total. The maximum absolute atomic E-state index is 11.5. The van der Waals surface area contributed by atoms with E-state index in [1.807, 2.05) is 0 Å². The number of nitrogens with zero attached hydrogens (tertiary/aromatic N) is 1. The van der Waals surface area contributed by atoms with Crippen molar-refractivity contribution in [1.29, 1.82) is 0 Å². The molecule has 0 saturated carbocycles. The molecule has 2 saturated heterocycles. The number of morpholine rings is 1. The Morgan fingerprint density at radius 3 is 2.87 bits per heavy atom. The third-order valence-electron chi connectivity index (χ3n) is 2.56. The quantitative estimate of drug-likeness (QED) is 0.632. The van der Waals surface area contributed by atoms with E-state index in [1.165, 1.54) is 0 Å². The van der Waals surface area contributed by atoms with Crippen molar-refractivity contribution in [3.63, 3.8) is 0 Å². The molecule has 0 aromatic rings. The number of rotatable bonds is 2. The minimum Gasteiger partial charge on any atom is -0.374 e. The van der Waals surface area contributed by atoms with E-state index in [1.54, 1.807) is 0 Å². The van der Waals surface area contributed by atoms with E-state index in [2.05, 4.69) is 5.32 Å². The van der Waals surface area contributed by atoms with Gasteiger partial charge in [-0.1, -0.05) is 0 Å². The van der Waals surface area contributed by atoms with Crippen LogP contribution in [0.3, 0.4) is 0 Å². The highest BCUT2D eigenvalue weighted by atomic mass is 32.2. The molecule has 2 aliphatic heterocycles. The van der Waals surface area contributed by atoms with Crippen LogP contribution in [0.1, 0.15) is 6.42 Å². The second kappa shape index (κ2) is 4.07. The minimum atomic E-state index is -3.36. The maximum Gasteiger partial charge on any atom is 0.237 e. The van der Waals surface area contributed by atoms with Crippen LogP contribution < -0.4 is 5.32 Å². The minimum absolute atomic E-state index is 0.0635. The van der Waals surface area contributed by atoms with Crippen molar-refractivity contribution in [2.45, 2.75) is 12.5 Å². The van der Waals surface area contributed by atoms with E-state index in [0.29, 0.717) is 13.2 Å². The first-order chi connectivity index (χ1) is 7.09. The standard InChI is InChI=1S/C8H14N2O4S/c11-8-1-4-15(12,13)10(8)6-7-5-9-2-3-14-7/h7,9H,1-6H2. The summed E-state index contributed by atoms with van der Waals surface area (Å²) in [4.78, 5) is 11.3. The predicted octanol–water partition coefficient (Wildman–Crippen LogP) is -1.46. The lowest BCUT2D eigenvalue weighted by molar-refractivity contribution is -0.126. The summed E-state index contributed by atoms with van der Waals surface area (Å²) in [6.45, 7) is 2.08. The zero-order valence-electron chi connectivity index (χ0n) is 8.31. The Morgan fingerprint density at radius 2 is 2.33 bits per heavy atom. The topological polar surface area (TPSA) is 75.7 Å². The Bertz CT molecular complexity index is 348. The van der Waals surface area contributed by atoms with E-state index >= 15 is 0 Å². The summed E-state index contributed by atoms with van der Waals surface area (Å²) >= 11 is 0. The fraction of sp³-hybridized carbons (Fsp3) is 0.875. The van der Waals surface area contributed by atoms with Crippen LogP contribution in [0.5, 0.6) is 0 Å². The molecule has 0 aliphatic carbocycles. The Hall–Kier alpha value is -0.660. The van der Waals surface area contributed by atoms with Crippen LogP contribution in [-0.2, 0) is 19.6 Å². The van der Waals surface area contributed by atoms with Gasteiger partial charge in [0.15, 0.2) is 0 Å². The summed E-state index contributed by atoms with van der Waals surface area (Å²) in [6, 6.07) is 0. The number of hydrogen-bond donors (Lipinski definition) is 1. The summed E-state index contributed by atoms with van der Waals surface area (Å²) < 4.78 is 29.3. The van der Waals surface area contributed by atoms with Gasteiger partial charge in [-0.15, -0.1) is 0 Å². The molecule has 1 atom stereocenters. The Labute approximate surface area is 88.6 Å². The highest BCUT2D eigenvalue weighted by Crippen LogP contribution is 2.16. The molecule has 0 bridgehead atoms. The molecule has 1 unspecified atom stereocenters. The Balaban J connectivity index is 2.00. The summed E-state index contributed by atoms with van der Waals surface area (Å²) in [5, 5.41) is 3.09. The molecule has 15 heavy (non-hydrogen) atoms. The highest BCUT2D eigenvalue weighted by Gasteiger charge is 2.36. The molecule has 7 heteroatoms. The van der Waals surface area contributed by atoms with Gasteiger partial charge in [-0.3, -0.25) is 4.79 Å². The van der Waals surface area contributed by atoms with Crippen LogP contribution in [-0.4, -0.2) is 56.7 Å². The second-order valence-electron chi connectivity index (χ2n) is 3.69. The molecule has 2 heterocycles. The second-order valence-corrected chi connectivity index (χ2v) is 5.70. The first-order valence-corrected chi connectivity index (χ1v) is 6.56. The predicted molar refractivity (Wildman–Crippen MR) is 52.7 cm³/mol. The Morgan fingerprint density at radius 1 is 1.53 bits per heavy atom. The van der Waals surface area contributed by atoms with Gasteiger partial charge in [-0.05, 0) is 0 Å². The van der Waals surface area contributed by atoms with E-state index in [-0.39, 0.29) is 30.7 Å². The van der Waals surface area contributed by atoms with Gasteiger partial charge in [0.05, 0.1) is 25.0 Å². The van der Waals surface area contributed by atoms with Crippen molar-refractivity contribution in [1.82, 2.24) is 9.62 Å². The van der Waals surface area contributed by atoms with Crippen LogP contribution in [0.25, 0.3) is 0 Å². The first kappa shape index (κ1) is 10.8. The molecule has 0 aromatic heterocycles. The van der Waals surface area contributed by atoms with Gasteiger partial charge >= 0.3 is 0 Å². The molecule has 1 amide bonds.